The lowest BCUT2D eigenvalue weighted by Crippen LogP contribution is -1.90. The Kier molecular flexibility index (Phi) is 2.52. The van der Waals surface area contributed by atoms with Crippen LogP contribution < -0.4 is 0 Å². The van der Waals surface area contributed by atoms with Crippen LogP contribution in [0.2, 0.25) is 0 Å². The number of fused-ring (bicyclic) bond motifs is 1. The van der Waals surface area contributed by atoms with E-state index in [9.17, 15) is 5.11 Å². The second-order valence-corrected chi connectivity index (χ2v) is 4.04. The minimum atomic E-state index is 0.0627. The summed E-state index contributed by atoms with van der Waals surface area (Å²) in [5.74, 6) is 0. The number of aliphatic hydroxyl groups is 1. The van der Waals surface area contributed by atoms with E-state index in [4.69, 9.17) is 0 Å². The minimum absolute atomic E-state index is 0.0627. The van der Waals surface area contributed by atoms with Crippen molar-refractivity contribution in [2.45, 2.75) is 13.5 Å². The molecular formula is C11H10BrNO. The molecule has 3 heteroatoms. The maximum absolute atomic E-state index is 9.18. The van der Waals surface area contributed by atoms with Crippen LogP contribution in [0.15, 0.2) is 28.9 Å². The van der Waals surface area contributed by atoms with E-state index in [1.54, 1.807) is 6.20 Å². The summed E-state index contributed by atoms with van der Waals surface area (Å²) in [6.45, 7) is 2.03. The highest BCUT2D eigenvalue weighted by atomic mass is 79.9. The SMILES string of the molecule is Cc1nccc2c(CO)ccc(Br)c12. The average molecular weight is 252 g/mol. The van der Waals surface area contributed by atoms with Gasteiger partial charge in [0, 0.05) is 21.7 Å². The first-order valence-corrected chi connectivity index (χ1v) is 5.17. The molecule has 1 aromatic heterocycles. The molecule has 0 unspecified atom stereocenters. The van der Waals surface area contributed by atoms with Gasteiger partial charge in [-0.2, -0.15) is 0 Å². The molecule has 0 radical (unpaired) electrons. The molecule has 0 spiro atoms. The van der Waals surface area contributed by atoms with Gasteiger partial charge < -0.3 is 5.11 Å². The van der Waals surface area contributed by atoms with Gasteiger partial charge in [0.15, 0.2) is 0 Å². The van der Waals surface area contributed by atoms with Crippen molar-refractivity contribution in [2.75, 3.05) is 0 Å². The molecule has 0 aliphatic rings. The largest absolute Gasteiger partial charge is 0.392 e. The van der Waals surface area contributed by atoms with Crippen LogP contribution in [0.4, 0.5) is 0 Å². The molecule has 1 aromatic carbocycles. The van der Waals surface area contributed by atoms with E-state index in [0.29, 0.717) is 0 Å². The van der Waals surface area contributed by atoms with Crippen LogP contribution in [0.3, 0.4) is 0 Å². The van der Waals surface area contributed by atoms with Crippen LogP contribution in [-0.4, -0.2) is 10.1 Å². The second-order valence-electron chi connectivity index (χ2n) is 3.18. The third-order valence-electron chi connectivity index (χ3n) is 2.33. The molecule has 0 saturated heterocycles. The maximum Gasteiger partial charge on any atom is 0.0687 e. The van der Waals surface area contributed by atoms with Crippen LogP contribution in [0.5, 0.6) is 0 Å². The van der Waals surface area contributed by atoms with Gasteiger partial charge in [-0.15, -0.1) is 0 Å². The van der Waals surface area contributed by atoms with Gasteiger partial charge in [-0.25, -0.2) is 0 Å². The molecule has 1 heterocycles. The summed E-state index contributed by atoms with van der Waals surface area (Å²) in [4.78, 5) is 4.23. The monoisotopic (exact) mass is 251 g/mol. The van der Waals surface area contributed by atoms with Crippen LogP contribution in [-0.2, 0) is 6.61 Å². The van der Waals surface area contributed by atoms with Crippen molar-refractivity contribution in [3.8, 4) is 0 Å². The highest BCUT2D eigenvalue weighted by molar-refractivity contribution is 9.10. The Morgan fingerprint density at radius 1 is 1.36 bits per heavy atom. The first-order chi connectivity index (χ1) is 6.74. The molecule has 0 fully saturated rings. The van der Waals surface area contributed by atoms with Gasteiger partial charge in [0.2, 0.25) is 0 Å². The quantitative estimate of drug-likeness (QED) is 0.846. The number of aryl methyl sites for hydroxylation is 1. The summed E-state index contributed by atoms with van der Waals surface area (Å²) >= 11 is 3.49. The van der Waals surface area contributed by atoms with Gasteiger partial charge in [0.1, 0.15) is 0 Å². The zero-order chi connectivity index (χ0) is 10.1. The van der Waals surface area contributed by atoms with Gasteiger partial charge >= 0.3 is 0 Å². The molecule has 0 aliphatic heterocycles. The minimum Gasteiger partial charge on any atom is -0.392 e. The number of hydrogen-bond donors (Lipinski definition) is 1. The summed E-state index contributed by atoms with van der Waals surface area (Å²) in [5.41, 5.74) is 1.92. The van der Waals surface area contributed by atoms with Gasteiger partial charge in [-0.3, -0.25) is 4.98 Å². The van der Waals surface area contributed by atoms with Crippen molar-refractivity contribution >= 4 is 26.7 Å². The zero-order valence-electron chi connectivity index (χ0n) is 7.79. The molecule has 72 valence electrons. The molecule has 2 rings (SSSR count). The normalized spacial score (nSPS) is 10.8. The van der Waals surface area contributed by atoms with Gasteiger partial charge in [-0.05, 0) is 30.0 Å². The van der Waals surface area contributed by atoms with E-state index in [2.05, 4.69) is 20.9 Å². The zero-order valence-corrected chi connectivity index (χ0v) is 9.37. The van der Waals surface area contributed by atoms with Crippen LogP contribution >= 0.6 is 15.9 Å². The van der Waals surface area contributed by atoms with Crippen molar-refractivity contribution in [3.05, 3.63) is 40.1 Å². The maximum atomic E-state index is 9.18. The predicted octanol–water partition coefficient (Wildman–Crippen LogP) is 2.80. The molecule has 0 saturated carbocycles. The van der Waals surface area contributed by atoms with Gasteiger partial charge in [0.25, 0.3) is 0 Å². The Bertz CT molecular complexity index is 474. The Hall–Kier alpha value is -0.930. The van der Waals surface area contributed by atoms with E-state index in [1.807, 2.05) is 25.1 Å². The van der Waals surface area contributed by atoms with Crippen molar-refractivity contribution < 1.29 is 5.11 Å². The number of hydrogen-bond acceptors (Lipinski definition) is 2. The van der Waals surface area contributed by atoms with Gasteiger partial charge in [0.05, 0.1) is 6.61 Å². The highest BCUT2D eigenvalue weighted by Crippen LogP contribution is 2.28. The fourth-order valence-corrected chi connectivity index (χ4v) is 2.25. The molecule has 14 heavy (non-hydrogen) atoms. The van der Waals surface area contributed by atoms with E-state index >= 15 is 0 Å². The number of pyridine rings is 1. The lowest BCUT2D eigenvalue weighted by Gasteiger charge is -2.07. The first kappa shape index (κ1) is 9.62. The van der Waals surface area contributed by atoms with Crippen LogP contribution in [0.25, 0.3) is 10.8 Å². The van der Waals surface area contributed by atoms with Crippen molar-refractivity contribution in [2.24, 2.45) is 0 Å². The van der Waals surface area contributed by atoms with E-state index in [1.165, 1.54) is 0 Å². The number of benzene rings is 1. The molecule has 0 bridgehead atoms. The summed E-state index contributed by atoms with van der Waals surface area (Å²) in [7, 11) is 0. The number of aliphatic hydroxyl groups excluding tert-OH is 1. The predicted molar refractivity (Wildman–Crippen MR) is 60.1 cm³/mol. The fraction of sp³-hybridized carbons (Fsp3) is 0.182. The number of halogens is 1. The summed E-state index contributed by atoms with van der Waals surface area (Å²) in [6.07, 6.45) is 1.77. The molecule has 0 aliphatic carbocycles. The van der Waals surface area contributed by atoms with Gasteiger partial charge in [-0.1, -0.05) is 22.0 Å². The highest BCUT2D eigenvalue weighted by Gasteiger charge is 2.06. The van der Waals surface area contributed by atoms with E-state index in [0.717, 1.165) is 26.5 Å². The Morgan fingerprint density at radius 3 is 2.86 bits per heavy atom. The van der Waals surface area contributed by atoms with Crippen molar-refractivity contribution in [1.82, 2.24) is 4.98 Å². The van der Waals surface area contributed by atoms with Crippen molar-refractivity contribution in [3.63, 3.8) is 0 Å². The number of rotatable bonds is 1. The number of nitrogens with zero attached hydrogens (tertiary/aromatic N) is 1. The second kappa shape index (κ2) is 3.67. The Morgan fingerprint density at radius 2 is 2.14 bits per heavy atom. The average Bonchev–Trinajstić information content (AvgIpc) is 2.18. The Balaban J connectivity index is 2.91. The number of aromatic nitrogens is 1. The fourth-order valence-electron chi connectivity index (χ4n) is 1.62. The first-order valence-electron chi connectivity index (χ1n) is 4.37. The van der Waals surface area contributed by atoms with E-state index in [-0.39, 0.29) is 6.61 Å². The summed E-state index contributed by atoms with van der Waals surface area (Å²) in [6, 6.07) is 5.80. The summed E-state index contributed by atoms with van der Waals surface area (Å²) < 4.78 is 1.02. The van der Waals surface area contributed by atoms with E-state index < -0.39 is 0 Å². The topological polar surface area (TPSA) is 33.1 Å². The van der Waals surface area contributed by atoms with Crippen LogP contribution in [0.1, 0.15) is 11.3 Å². The Labute approximate surface area is 90.7 Å². The standard InChI is InChI=1S/C11H10BrNO/c1-7-11-9(4-5-13-7)8(6-14)2-3-10(11)12/h2-5,14H,6H2,1H3. The third-order valence-corrected chi connectivity index (χ3v) is 2.99. The molecule has 0 atom stereocenters. The molecule has 2 aromatic rings. The lowest BCUT2D eigenvalue weighted by molar-refractivity contribution is 0.283. The molecular weight excluding hydrogens is 242 g/mol. The smallest absolute Gasteiger partial charge is 0.0687 e. The lowest BCUT2D eigenvalue weighted by atomic mass is 10.1. The third kappa shape index (κ3) is 1.42. The molecule has 0 amide bonds. The van der Waals surface area contributed by atoms with Crippen LogP contribution in [0, 0.1) is 6.92 Å². The van der Waals surface area contributed by atoms with Crippen molar-refractivity contribution in [1.29, 1.82) is 0 Å². The summed E-state index contributed by atoms with van der Waals surface area (Å²) in [5, 5.41) is 11.3. The molecule has 2 nitrogen and oxygen atoms in total. The molecule has 1 N–H and O–H groups in total.